The number of ether oxygens (including phenoxy) is 1. The van der Waals surface area contributed by atoms with E-state index in [-0.39, 0.29) is 16.0 Å². The first-order valence-electron chi connectivity index (χ1n) is 4.43. The lowest BCUT2D eigenvalue weighted by atomic mass is 10.1. The Hall–Kier alpha value is -0.490. The van der Waals surface area contributed by atoms with Crippen LogP contribution >= 0.6 is 31.9 Å². The SMILES string of the molecule is CCC(=O)c1ccc(Br)c(OC(F)F)c1Br. The molecule has 0 fully saturated rings. The number of halogens is 4. The number of rotatable bonds is 4. The lowest BCUT2D eigenvalue weighted by Crippen LogP contribution is -2.06. The smallest absolute Gasteiger partial charge is 0.387 e. The van der Waals surface area contributed by atoms with Crippen molar-refractivity contribution in [2.45, 2.75) is 20.0 Å². The maximum atomic E-state index is 12.1. The van der Waals surface area contributed by atoms with Crippen molar-refractivity contribution >= 4 is 37.6 Å². The highest BCUT2D eigenvalue weighted by atomic mass is 79.9. The summed E-state index contributed by atoms with van der Waals surface area (Å²) in [7, 11) is 0. The van der Waals surface area contributed by atoms with Crippen LogP contribution in [-0.2, 0) is 0 Å². The molecular weight excluding hydrogens is 350 g/mol. The fourth-order valence-electron chi connectivity index (χ4n) is 1.14. The van der Waals surface area contributed by atoms with Gasteiger partial charge in [0.1, 0.15) is 0 Å². The topological polar surface area (TPSA) is 26.3 Å². The summed E-state index contributed by atoms with van der Waals surface area (Å²) in [6.45, 7) is -1.23. The minimum atomic E-state index is -2.93. The molecule has 88 valence electrons. The Bertz CT molecular complexity index is 408. The highest BCUT2D eigenvalue weighted by Crippen LogP contribution is 2.37. The minimum Gasteiger partial charge on any atom is -0.432 e. The van der Waals surface area contributed by atoms with Crippen LogP contribution in [0.15, 0.2) is 21.1 Å². The van der Waals surface area contributed by atoms with Gasteiger partial charge in [-0.15, -0.1) is 0 Å². The fraction of sp³-hybridized carbons (Fsp3) is 0.300. The van der Waals surface area contributed by atoms with E-state index in [4.69, 9.17) is 0 Å². The van der Waals surface area contributed by atoms with Gasteiger partial charge in [-0.2, -0.15) is 8.78 Å². The normalized spacial score (nSPS) is 10.6. The van der Waals surface area contributed by atoms with Crippen LogP contribution in [0.25, 0.3) is 0 Å². The molecule has 0 heterocycles. The molecule has 2 nitrogen and oxygen atoms in total. The third-order valence-corrected chi connectivity index (χ3v) is 3.29. The third-order valence-electron chi connectivity index (χ3n) is 1.88. The van der Waals surface area contributed by atoms with E-state index in [2.05, 4.69) is 36.6 Å². The second-order valence-corrected chi connectivity index (χ2v) is 4.54. The number of carbonyl (C=O) groups excluding carboxylic acids is 1. The van der Waals surface area contributed by atoms with Crippen molar-refractivity contribution in [1.82, 2.24) is 0 Å². The molecule has 0 aliphatic rings. The molecular formula is C10H8Br2F2O2. The summed E-state index contributed by atoms with van der Waals surface area (Å²) in [6.07, 6.45) is 0.300. The Kier molecular flexibility index (Phi) is 4.86. The average Bonchev–Trinajstić information content (AvgIpc) is 2.23. The first kappa shape index (κ1) is 13.6. The minimum absolute atomic E-state index is 0.0608. The maximum absolute atomic E-state index is 12.1. The summed E-state index contributed by atoms with van der Waals surface area (Å²) in [4.78, 5) is 11.5. The second-order valence-electron chi connectivity index (χ2n) is 2.89. The molecule has 16 heavy (non-hydrogen) atoms. The number of benzene rings is 1. The largest absolute Gasteiger partial charge is 0.432 e. The van der Waals surface area contributed by atoms with Crippen molar-refractivity contribution in [3.8, 4) is 5.75 Å². The maximum Gasteiger partial charge on any atom is 0.387 e. The fourth-order valence-corrected chi connectivity index (χ4v) is 2.49. The van der Waals surface area contributed by atoms with Crippen LogP contribution in [0.3, 0.4) is 0 Å². The molecule has 0 saturated heterocycles. The highest BCUT2D eigenvalue weighted by molar-refractivity contribution is 9.11. The van der Waals surface area contributed by atoms with Gasteiger partial charge in [0, 0.05) is 12.0 Å². The molecule has 0 radical (unpaired) electrons. The standard InChI is InChI=1S/C10H8Br2F2O2/c1-2-7(15)5-3-4-6(11)9(8(5)12)16-10(13)14/h3-4,10H,2H2,1H3. The van der Waals surface area contributed by atoms with Gasteiger partial charge in [-0.1, -0.05) is 6.92 Å². The number of hydrogen-bond acceptors (Lipinski definition) is 2. The van der Waals surface area contributed by atoms with E-state index in [0.29, 0.717) is 16.5 Å². The van der Waals surface area contributed by atoms with E-state index in [1.165, 1.54) is 6.07 Å². The van der Waals surface area contributed by atoms with Gasteiger partial charge in [0.15, 0.2) is 11.5 Å². The molecule has 0 aromatic heterocycles. The highest BCUT2D eigenvalue weighted by Gasteiger charge is 2.18. The number of alkyl halides is 2. The molecule has 0 aliphatic carbocycles. The first-order valence-corrected chi connectivity index (χ1v) is 6.02. The number of ketones is 1. The molecule has 0 spiro atoms. The number of Topliss-reactive ketones (excluding diaryl/α,β-unsaturated/α-hetero) is 1. The summed E-state index contributed by atoms with van der Waals surface area (Å²) in [5.41, 5.74) is 0.335. The van der Waals surface area contributed by atoms with Crippen molar-refractivity contribution in [2.24, 2.45) is 0 Å². The van der Waals surface area contributed by atoms with Crippen molar-refractivity contribution in [3.05, 3.63) is 26.6 Å². The van der Waals surface area contributed by atoms with Crippen molar-refractivity contribution in [2.75, 3.05) is 0 Å². The molecule has 6 heteroatoms. The van der Waals surface area contributed by atoms with Crippen LogP contribution in [0.1, 0.15) is 23.7 Å². The van der Waals surface area contributed by atoms with Gasteiger partial charge in [-0.25, -0.2) is 0 Å². The van der Waals surface area contributed by atoms with Gasteiger partial charge >= 0.3 is 6.61 Å². The summed E-state index contributed by atoms with van der Waals surface area (Å²) in [5.74, 6) is -0.201. The van der Waals surface area contributed by atoms with Crippen LogP contribution in [0.2, 0.25) is 0 Å². The van der Waals surface area contributed by atoms with Crippen molar-refractivity contribution < 1.29 is 18.3 Å². The zero-order chi connectivity index (χ0) is 12.3. The Labute approximate surface area is 108 Å². The van der Waals surface area contributed by atoms with E-state index in [0.717, 1.165) is 0 Å². The Morgan fingerprint density at radius 2 is 2.06 bits per heavy atom. The molecule has 0 bridgehead atoms. The number of carbonyl (C=O) groups is 1. The van der Waals surface area contributed by atoms with Crippen LogP contribution in [0, 0.1) is 0 Å². The Morgan fingerprint density at radius 1 is 1.44 bits per heavy atom. The molecule has 0 unspecified atom stereocenters. The molecule has 0 saturated carbocycles. The second kappa shape index (κ2) is 5.72. The quantitative estimate of drug-likeness (QED) is 0.746. The zero-order valence-corrected chi connectivity index (χ0v) is 11.4. The molecule has 0 N–H and O–H groups in total. The summed E-state index contributed by atoms with van der Waals surface area (Å²) >= 11 is 6.17. The Morgan fingerprint density at radius 3 is 2.56 bits per heavy atom. The van der Waals surface area contributed by atoms with E-state index < -0.39 is 6.61 Å². The monoisotopic (exact) mass is 356 g/mol. The van der Waals surface area contributed by atoms with Gasteiger partial charge in [0.2, 0.25) is 0 Å². The van der Waals surface area contributed by atoms with Gasteiger partial charge in [-0.05, 0) is 44.0 Å². The van der Waals surface area contributed by atoms with Gasteiger partial charge < -0.3 is 4.74 Å². The van der Waals surface area contributed by atoms with E-state index in [1.54, 1.807) is 13.0 Å². The number of hydrogen-bond donors (Lipinski definition) is 0. The average molecular weight is 358 g/mol. The van der Waals surface area contributed by atoms with Crippen LogP contribution < -0.4 is 4.74 Å². The van der Waals surface area contributed by atoms with Gasteiger partial charge in [0.05, 0.1) is 8.95 Å². The Balaban J connectivity index is 3.21. The molecule has 1 aromatic rings. The van der Waals surface area contributed by atoms with Gasteiger partial charge in [-0.3, -0.25) is 4.79 Å². The molecule has 1 rings (SSSR count). The van der Waals surface area contributed by atoms with Crippen LogP contribution in [0.5, 0.6) is 5.75 Å². The third kappa shape index (κ3) is 3.01. The van der Waals surface area contributed by atoms with Crippen LogP contribution in [-0.4, -0.2) is 12.4 Å². The zero-order valence-electron chi connectivity index (χ0n) is 8.27. The predicted molar refractivity (Wildman–Crippen MR) is 63.1 cm³/mol. The predicted octanol–water partition coefficient (Wildman–Crippen LogP) is 4.41. The lowest BCUT2D eigenvalue weighted by Gasteiger charge is -2.11. The summed E-state index contributed by atoms with van der Waals surface area (Å²) in [6, 6.07) is 3.06. The molecule has 0 atom stereocenters. The van der Waals surface area contributed by atoms with Crippen molar-refractivity contribution in [3.63, 3.8) is 0 Å². The molecule has 0 aliphatic heterocycles. The van der Waals surface area contributed by atoms with Crippen LogP contribution in [0.4, 0.5) is 8.78 Å². The van der Waals surface area contributed by atoms with Crippen molar-refractivity contribution in [1.29, 1.82) is 0 Å². The molecule has 0 amide bonds. The summed E-state index contributed by atoms with van der Waals surface area (Å²) < 4.78 is 29.2. The van der Waals surface area contributed by atoms with E-state index in [9.17, 15) is 13.6 Å². The van der Waals surface area contributed by atoms with E-state index >= 15 is 0 Å². The molecule has 1 aromatic carbocycles. The lowest BCUT2D eigenvalue weighted by molar-refractivity contribution is -0.0509. The van der Waals surface area contributed by atoms with E-state index in [1.807, 2.05) is 0 Å². The first-order chi connectivity index (χ1) is 7.47. The summed E-state index contributed by atoms with van der Waals surface area (Å²) in [5, 5.41) is 0. The van der Waals surface area contributed by atoms with Gasteiger partial charge in [0.25, 0.3) is 0 Å².